The topological polar surface area (TPSA) is 47.7 Å². The van der Waals surface area contributed by atoms with E-state index >= 15 is 0 Å². The maximum atomic E-state index is 6.50. The zero-order chi connectivity index (χ0) is 27.9. The molecular weight excluding hydrogens is 455 g/mol. The molecule has 0 unspecified atom stereocenters. The van der Waals surface area contributed by atoms with Crippen molar-refractivity contribution in [2.75, 3.05) is 18.0 Å². The Morgan fingerprint density at radius 1 is 0.703 bits per heavy atom. The van der Waals surface area contributed by atoms with E-state index in [0.717, 1.165) is 12.0 Å². The summed E-state index contributed by atoms with van der Waals surface area (Å²) < 4.78 is 13.0. The molecule has 0 aliphatic carbocycles. The Labute approximate surface area is 227 Å². The molecule has 3 rings (SSSR count). The van der Waals surface area contributed by atoms with Gasteiger partial charge in [0.2, 0.25) is 0 Å². The third-order valence-corrected chi connectivity index (χ3v) is 8.20. The van der Waals surface area contributed by atoms with Crippen LogP contribution in [0.1, 0.15) is 129 Å². The first-order chi connectivity index (χ1) is 17.1. The molecule has 0 atom stereocenters. The zero-order valence-electron chi connectivity index (χ0n) is 25.5. The molecule has 0 radical (unpaired) electrons. The summed E-state index contributed by atoms with van der Waals surface area (Å²) >= 11 is 0. The summed E-state index contributed by atoms with van der Waals surface area (Å²) in [4.78, 5) is 2.53. The van der Waals surface area contributed by atoms with Crippen LogP contribution in [0.5, 0.6) is 0 Å². The Bertz CT molecular complexity index is 1020. The van der Waals surface area contributed by atoms with E-state index in [9.17, 15) is 0 Å². The maximum Gasteiger partial charge on any atom is 0.494 e. The summed E-state index contributed by atoms with van der Waals surface area (Å²) in [6.07, 6.45) is 0. The largest absolute Gasteiger partial charge is 0.494 e. The van der Waals surface area contributed by atoms with Crippen LogP contribution in [0.4, 0.5) is 11.4 Å². The highest BCUT2D eigenvalue weighted by molar-refractivity contribution is 6.62. The van der Waals surface area contributed by atoms with Crippen LogP contribution in [0.3, 0.4) is 0 Å². The molecule has 0 amide bonds. The molecule has 2 N–H and O–H groups in total. The van der Waals surface area contributed by atoms with Crippen molar-refractivity contribution in [3.05, 3.63) is 52.6 Å². The predicted octanol–water partition coefficient (Wildman–Crippen LogP) is 7.58. The highest BCUT2D eigenvalue weighted by Crippen LogP contribution is 2.45. The summed E-state index contributed by atoms with van der Waals surface area (Å²) in [6.45, 7) is 28.1. The fraction of sp³-hybridized carbons (Fsp3) is 0.625. The van der Waals surface area contributed by atoms with Crippen LogP contribution in [-0.2, 0) is 9.31 Å². The van der Waals surface area contributed by atoms with Crippen LogP contribution < -0.4 is 16.1 Å². The molecule has 4 nitrogen and oxygen atoms in total. The molecule has 1 saturated heterocycles. The molecule has 37 heavy (non-hydrogen) atoms. The molecule has 1 aliphatic rings. The van der Waals surface area contributed by atoms with Crippen LogP contribution >= 0.6 is 0 Å². The summed E-state index contributed by atoms with van der Waals surface area (Å²) in [6, 6.07) is 11.4. The first-order valence-electron chi connectivity index (χ1n) is 14.3. The quantitative estimate of drug-likeness (QED) is 0.356. The molecular formula is C32H51BN2O2. The van der Waals surface area contributed by atoms with Gasteiger partial charge in [0.15, 0.2) is 0 Å². The van der Waals surface area contributed by atoms with E-state index in [4.69, 9.17) is 15.0 Å². The van der Waals surface area contributed by atoms with Crippen molar-refractivity contribution in [2.24, 2.45) is 5.73 Å². The number of para-hydroxylation sites is 1. The number of anilines is 2. The van der Waals surface area contributed by atoms with Crippen LogP contribution in [0.25, 0.3) is 0 Å². The number of nitrogens with two attached hydrogens (primary N) is 1. The van der Waals surface area contributed by atoms with Crippen molar-refractivity contribution in [1.82, 2.24) is 0 Å². The van der Waals surface area contributed by atoms with E-state index in [2.05, 4.69) is 118 Å². The van der Waals surface area contributed by atoms with Crippen LogP contribution in [0.15, 0.2) is 30.3 Å². The van der Waals surface area contributed by atoms with Gasteiger partial charge in [0, 0.05) is 24.5 Å². The van der Waals surface area contributed by atoms with Gasteiger partial charge in [-0.1, -0.05) is 85.7 Å². The number of benzene rings is 2. The van der Waals surface area contributed by atoms with E-state index in [1.807, 2.05) is 0 Å². The number of hydrogen-bond acceptors (Lipinski definition) is 4. The third kappa shape index (κ3) is 5.79. The smallest absolute Gasteiger partial charge is 0.399 e. The Kier molecular flexibility index (Phi) is 8.94. The summed E-state index contributed by atoms with van der Waals surface area (Å²) in [5.74, 6) is 1.46. The second-order valence-electron chi connectivity index (χ2n) is 13.0. The minimum Gasteiger partial charge on any atom is -0.399 e. The molecule has 1 fully saturated rings. The minimum atomic E-state index is -0.383. The molecule has 1 aliphatic heterocycles. The molecule has 5 heteroatoms. The third-order valence-electron chi connectivity index (χ3n) is 8.20. The van der Waals surface area contributed by atoms with E-state index < -0.39 is 0 Å². The average Bonchev–Trinajstić information content (AvgIpc) is 3.02. The molecule has 2 aromatic rings. The zero-order valence-corrected chi connectivity index (χ0v) is 25.5. The van der Waals surface area contributed by atoms with Gasteiger partial charge >= 0.3 is 7.12 Å². The van der Waals surface area contributed by atoms with Gasteiger partial charge in [0.1, 0.15) is 0 Å². The maximum absolute atomic E-state index is 6.50. The lowest BCUT2D eigenvalue weighted by Crippen LogP contribution is -2.41. The predicted molar refractivity (Wildman–Crippen MR) is 161 cm³/mol. The lowest BCUT2D eigenvalue weighted by Gasteiger charge is -2.36. The second kappa shape index (κ2) is 11.1. The van der Waals surface area contributed by atoms with Crippen LogP contribution in [0, 0.1) is 0 Å². The van der Waals surface area contributed by atoms with Gasteiger partial charge in [-0.15, -0.1) is 0 Å². The van der Waals surface area contributed by atoms with Crippen molar-refractivity contribution in [2.45, 2.75) is 118 Å². The van der Waals surface area contributed by atoms with Crippen molar-refractivity contribution in [3.63, 3.8) is 0 Å². The molecule has 0 aromatic heterocycles. The molecule has 0 bridgehead atoms. The minimum absolute atomic E-state index is 0.323. The van der Waals surface area contributed by atoms with Crippen molar-refractivity contribution in [1.29, 1.82) is 0 Å². The lowest BCUT2D eigenvalue weighted by atomic mass is 9.74. The highest BCUT2D eigenvalue weighted by atomic mass is 16.7. The van der Waals surface area contributed by atoms with E-state index in [1.165, 1.54) is 33.6 Å². The summed E-state index contributed by atoms with van der Waals surface area (Å²) in [5.41, 5.74) is 14.7. The Morgan fingerprint density at radius 2 is 1.08 bits per heavy atom. The van der Waals surface area contributed by atoms with Gasteiger partial charge in [-0.3, -0.25) is 0 Å². The lowest BCUT2D eigenvalue weighted by molar-refractivity contribution is 0.00578. The molecule has 204 valence electrons. The monoisotopic (exact) mass is 506 g/mol. The van der Waals surface area contributed by atoms with Crippen molar-refractivity contribution in [3.8, 4) is 0 Å². The van der Waals surface area contributed by atoms with Gasteiger partial charge in [0.05, 0.1) is 11.2 Å². The first-order valence-corrected chi connectivity index (χ1v) is 14.3. The Balaban J connectivity index is 2.33. The average molecular weight is 507 g/mol. The number of nitrogens with zero attached hydrogens (tertiary/aromatic N) is 1. The summed E-state index contributed by atoms with van der Waals surface area (Å²) in [7, 11) is -0.383. The van der Waals surface area contributed by atoms with Crippen LogP contribution in [-0.4, -0.2) is 31.4 Å². The fourth-order valence-electron chi connectivity index (χ4n) is 5.30. The molecule has 0 spiro atoms. The normalized spacial score (nSPS) is 17.1. The van der Waals surface area contributed by atoms with E-state index in [-0.39, 0.29) is 18.3 Å². The second-order valence-corrected chi connectivity index (χ2v) is 13.0. The van der Waals surface area contributed by atoms with Gasteiger partial charge < -0.3 is 19.9 Å². The number of hydrogen-bond donors (Lipinski definition) is 1. The van der Waals surface area contributed by atoms with Gasteiger partial charge in [-0.2, -0.15) is 0 Å². The standard InChI is InChI=1S/C32H51BN2O2/c1-20(2)25-14-13-15-26(21(3)4)29(25)35(17-16-34)30-27(22(5)6)18-24(19-28(30)23(7)8)33-36-31(9,10)32(11,12)37-33/h13-15,18-23H,16-17,34H2,1-12H3. The Morgan fingerprint density at radius 3 is 1.43 bits per heavy atom. The van der Waals surface area contributed by atoms with Gasteiger partial charge in [-0.25, -0.2) is 0 Å². The Hall–Kier alpha value is -1.82. The van der Waals surface area contributed by atoms with Crippen LogP contribution in [0.2, 0.25) is 0 Å². The van der Waals surface area contributed by atoms with Gasteiger partial charge in [-0.05, 0) is 79.1 Å². The van der Waals surface area contributed by atoms with Gasteiger partial charge in [0.25, 0.3) is 0 Å². The van der Waals surface area contributed by atoms with E-state index in [1.54, 1.807) is 0 Å². The van der Waals surface area contributed by atoms with E-state index in [0.29, 0.717) is 30.2 Å². The molecule has 1 heterocycles. The molecule has 0 saturated carbocycles. The highest BCUT2D eigenvalue weighted by Gasteiger charge is 2.52. The number of rotatable bonds is 9. The fourth-order valence-corrected chi connectivity index (χ4v) is 5.30. The van der Waals surface area contributed by atoms with Crippen molar-refractivity contribution < 1.29 is 9.31 Å². The SMILES string of the molecule is CC(C)c1cccc(C(C)C)c1N(CCN)c1c(C(C)C)cc(B2OC(C)(C)C(C)(C)O2)cc1C(C)C. The van der Waals surface area contributed by atoms with Crippen molar-refractivity contribution >= 4 is 24.0 Å². The molecule has 2 aromatic carbocycles. The first kappa shape index (κ1) is 29.7. The summed E-state index contributed by atoms with van der Waals surface area (Å²) in [5, 5.41) is 0.